The Morgan fingerprint density at radius 2 is 1.95 bits per heavy atom. The lowest BCUT2D eigenvalue weighted by Gasteiger charge is -2.37. The number of aliphatic hydroxyl groups is 1. The van der Waals surface area contributed by atoms with Crippen LogP contribution in [0.1, 0.15) is 45.6 Å². The summed E-state index contributed by atoms with van der Waals surface area (Å²) in [6, 6.07) is 9.98. The Balaban J connectivity index is 1.61. The number of benzene rings is 1. The highest BCUT2D eigenvalue weighted by Crippen LogP contribution is 2.65. The summed E-state index contributed by atoms with van der Waals surface area (Å²) in [5, 5.41) is 13.8. The van der Waals surface area contributed by atoms with Crippen molar-refractivity contribution in [2.24, 2.45) is 16.7 Å². The van der Waals surface area contributed by atoms with Crippen LogP contribution in [0.5, 0.6) is 0 Å². The van der Waals surface area contributed by atoms with Gasteiger partial charge in [-0.2, -0.15) is 0 Å². The van der Waals surface area contributed by atoms with E-state index in [0.717, 1.165) is 19.3 Å². The first-order valence-corrected chi connectivity index (χ1v) is 8.37. The van der Waals surface area contributed by atoms with Crippen LogP contribution in [0.3, 0.4) is 0 Å². The molecule has 0 heterocycles. The molecule has 2 aliphatic rings. The molecule has 120 valence electrons. The zero-order valence-electron chi connectivity index (χ0n) is 13.8. The third kappa shape index (κ3) is 2.26. The number of aryl methyl sites for hydroxylation is 1. The predicted molar refractivity (Wildman–Crippen MR) is 87.3 cm³/mol. The molecule has 0 aromatic heterocycles. The van der Waals surface area contributed by atoms with Crippen molar-refractivity contribution in [1.29, 1.82) is 0 Å². The molecule has 3 rings (SSSR count). The lowest BCUT2D eigenvalue weighted by atomic mass is 9.70. The summed E-state index contributed by atoms with van der Waals surface area (Å²) in [4.78, 5) is 12.3. The number of hydrogen-bond acceptors (Lipinski definition) is 2. The van der Waals surface area contributed by atoms with Crippen molar-refractivity contribution in [2.45, 2.75) is 58.6 Å². The van der Waals surface area contributed by atoms with Crippen LogP contribution in [0.4, 0.5) is 0 Å². The van der Waals surface area contributed by atoms with Crippen molar-refractivity contribution in [3.8, 4) is 0 Å². The van der Waals surface area contributed by atoms with E-state index in [1.807, 2.05) is 30.3 Å². The van der Waals surface area contributed by atoms with Gasteiger partial charge in [0.15, 0.2) is 0 Å². The Morgan fingerprint density at radius 3 is 2.55 bits per heavy atom. The molecule has 3 nitrogen and oxygen atoms in total. The van der Waals surface area contributed by atoms with Gasteiger partial charge in [-0.05, 0) is 36.2 Å². The minimum Gasteiger partial charge on any atom is -0.390 e. The number of carbonyl (C=O) groups excluding carboxylic acids is 1. The Bertz CT molecular complexity index is 554. The van der Waals surface area contributed by atoms with Crippen molar-refractivity contribution in [3.63, 3.8) is 0 Å². The molecule has 3 heteroatoms. The number of amides is 1. The van der Waals surface area contributed by atoms with Crippen molar-refractivity contribution in [3.05, 3.63) is 35.9 Å². The minimum absolute atomic E-state index is 0.0554. The van der Waals surface area contributed by atoms with Gasteiger partial charge in [-0.1, -0.05) is 51.1 Å². The van der Waals surface area contributed by atoms with E-state index in [-0.39, 0.29) is 22.8 Å². The van der Waals surface area contributed by atoms with Crippen molar-refractivity contribution in [2.75, 3.05) is 0 Å². The number of aliphatic hydroxyl groups excluding tert-OH is 1. The molecule has 0 spiro atoms. The van der Waals surface area contributed by atoms with E-state index in [0.29, 0.717) is 12.3 Å². The fourth-order valence-corrected chi connectivity index (χ4v) is 4.68. The molecule has 0 radical (unpaired) electrons. The summed E-state index contributed by atoms with van der Waals surface area (Å²) in [6.07, 6.45) is 2.96. The van der Waals surface area contributed by atoms with Crippen molar-refractivity contribution in [1.82, 2.24) is 5.32 Å². The van der Waals surface area contributed by atoms with Crippen LogP contribution >= 0.6 is 0 Å². The van der Waals surface area contributed by atoms with Gasteiger partial charge in [0, 0.05) is 11.8 Å². The zero-order valence-corrected chi connectivity index (χ0v) is 13.8. The molecule has 2 aliphatic carbocycles. The number of carbonyl (C=O) groups is 1. The van der Waals surface area contributed by atoms with Gasteiger partial charge in [-0.15, -0.1) is 0 Å². The second-order valence-electron chi connectivity index (χ2n) is 7.81. The highest BCUT2D eigenvalue weighted by molar-refractivity contribution is 5.76. The molecule has 1 aromatic rings. The molecule has 2 N–H and O–H groups in total. The first-order valence-electron chi connectivity index (χ1n) is 8.37. The summed E-state index contributed by atoms with van der Waals surface area (Å²) >= 11 is 0. The average molecular weight is 301 g/mol. The summed E-state index contributed by atoms with van der Waals surface area (Å²) in [5.41, 5.74) is 1.19. The summed E-state index contributed by atoms with van der Waals surface area (Å²) in [7, 11) is 0. The fraction of sp³-hybridized carbons (Fsp3) is 0.632. The maximum absolute atomic E-state index is 12.3. The van der Waals surface area contributed by atoms with Gasteiger partial charge in [0.1, 0.15) is 0 Å². The number of nitrogens with one attached hydrogen (secondary N) is 1. The van der Waals surface area contributed by atoms with Gasteiger partial charge in [0.05, 0.1) is 12.1 Å². The summed E-state index contributed by atoms with van der Waals surface area (Å²) < 4.78 is 0. The highest BCUT2D eigenvalue weighted by Gasteiger charge is 2.66. The molecule has 1 amide bonds. The molecule has 0 aliphatic heterocycles. The van der Waals surface area contributed by atoms with Crippen molar-refractivity contribution < 1.29 is 9.90 Å². The van der Waals surface area contributed by atoms with Gasteiger partial charge >= 0.3 is 0 Å². The zero-order chi connectivity index (χ0) is 16.0. The molecular weight excluding hydrogens is 274 g/mol. The topological polar surface area (TPSA) is 49.3 Å². The van der Waals surface area contributed by atoms with Crippen LogP contribution < -0.4 is 5.32 Å². The number of hydrogen-bond donors (Lipinski definition) is 2. The molecule has 1 aromatic carbocycles. The highest BCUT2D eigenvalue weighted by atomic mass is 16.3. The standard InChI is InChI=1S/C19H27NO2/c1-18(2)14-11-12-19(18,3)17(22)16(14)20-15(21)10-9-13-7-5-4-6-8-13/h4-8,14,16-17,22H,9-12H2,1-3H3,(H,20,21)/t14-,16-,17-,19+/m1/s1. The Morgan fingerprint density at radius 1 is 1.27 bits per heavy atom. The average Bonchev–Trinajstić information content (AvgIpc) is 2.80. The van der Waals surface area contributed by atoms with E-state index in [4.69, 9.17) is 0 Å². The number of fused-ring (bicyclic) bond motifs is 2. The van der Waals surface area contributed by atoms with E-state index in [1.54, 1.807) is 0 Å². The van der Waals surface area contributed by atoms with Crippen LogP contribution in [0, 0.1) is 16.7 Å². The van der Waals surface area contributed by atoms with Gasteiger partial charge < -0.3 is 10.4 Å². The second-order valence-corrected chi connectivity index (χ2v) is 7.81. The first-order chi connectivity index (χ1) is 10.4. The molecular formula is C19H27NO2. The van der Waals surface area contributed by atoms with Gasteiger partial charge in [0.2, 0.25) is 5.91 Å². The molecule has 2 bridgehead atoms. The Labute approximate surface area is 133 Å². The Hall–Kier alpha value is -1.35. The summed E-state index contributed by atoms with van der Waals surface area (Å²) in [5.74, 6) is 0.438. The van der Waals surface area contributed by atoms with E-state index in [1.165, 1.54) is 5.56 Å². The van der Waals surface area contributed by atoms with Crippen LogP contribution in [-0.4, -0.2) is 23.2 Å². The van der Waals surface area contributed by atoms with E-state index >= 15 is 0 Å². The smallest absolute Gasteiger partial charge is 0.220 e. The predicted octanol–water partition coefficient (Wildman–Crippen LogP) is 2.92. The molecule has 2 fully saturated rings. The summed E-state index contributed by atoms with van der Waals surface area (Å²) in [6.45, 7) is 6.65. The van der Waals surface area contributed by atoms with Crippen molar-refractivity contribution >= 4 is 5.91 Å². The third-order valence-electron chi connectivity index (χ3n) is 6.61. The van der Waals surface area contributed by atoms with Crippen LogP contribution in [0.15, 0.2) is 30.3 Å². The monoisotopic (exact) mass is 301 g/mol. The number of rotatable bonds is 4. The maximum atomic E-state index is 12.3. The van der Waals surface area contributed by atoms with Crippen LogP contribution in [0.2, 0.25) is 0 Å². The molecule has 4 atom stereocenters. The molecule has 0 saturated heterocycles. The van der Waals surface area contributed by atoms with Gasteiger partial charge in [-0.3, -0.25) is 4.79 Å². The SMILES string of the molecule is CC1(C)[C@@H]2CC[C@@]1(C)[C@H](O)[C@@H]2NC(=O)CCc1ccccc1. The van der Waals surface area contributed by atoms with E-state index in [2.05, 4.69) is 26.1 Å². The van der Waals surface area contributed by atoms with E-state index < -0.39 is 6.10 Å². The normalized spacial score (nSPS) is 35.5. The lowest BCUT2D eigenvalue weighted by Crippen LogP contribution is -2.49. The van der Waals surface area contributed by atoms with E-state index in [9.17, 15) is 9.90 Å². The quantitative estimate of drug-likeness (QED) is 0.898. The van der Waals surface area contributed by atoms with Crippen LogP contribution in [-0.2, 0) is 11.2 Å². The van der Waals surface area contributed by atoms with Gasteiger partial charge in [-0.25, -0.2) is 0 Å². The van der Waals surface area contributed by atoms with Gasteiger partial charge in [0.25, 0.3) is 0 Å². The largest absolute Gasteiger partial charge is 0.390 e. The van der Waals surface area contributed by atoms with Crippen LogP contribution in [0.25, 0.3) is 0 Å². The minimum atomic E-state index is -0.429. The molecule has 2 saturated carbocycles. The molecule has 22 heavy (non-hydrogen) atoms. The lowest BCUT2D eigenvalue weighted by molar-refractivity contribution is -0.123. The fourth-order valence-electron chi connectivity index (χ4n) is 4.68. The first kappa shape index (κ1) is 15.5. The maximum Gasteiger partial charge on any atom is 0.220 e. The Kier molecular flexibility index (Phi) is 3.80. The molecule has 0 unspecified atom stereocenters. The third-order valence-corrected chi connectivity index (χ3v) is 6.61. The second kappa shape index (κ2) is 5.38.